The van der Waals surface area contributed by atoms with Crippen LogP contribution in [0.4, 0.5) is 4.39 Å². The van der Waals surface area contributed by atoms with Crippen LogP contribution in [-0.4, -0.2) is 23.1 Å². The summed E-state index contributed by atoms with van der Waals surface area (Å²) in [6, 6.07) is 10.2. The third kappa shape index (κ3) is 4.55. The van der Waals surface area contributed by atoms with E-state index in [1.54, 1.807) is 25.1 Å². The summed E-state index contributed by atoms with van der Waals surface area (Å²) < 4.78 is 17.9. The lowest BCUT2D eigenvalue weighted by Crippen LogP contribution is -2.35. The van der Waals surface area contributed by atoms with Gasteiger partial charge in [-0.05, 0) is 49.2 Å². The van der Waals surface area contributed by atoms with Gasteiger partial charge in [0.2, 0.25) is 0 Å². The third-order valence-corrected chi connectivity index (χ3v) is 3.41. The van der Waals surface area contributed by atoms with E-state index in [0.717, 1.165) is 11.1 Å². The van der Waals surface area contributed by atoms with Crippen LogP contribution in [0.15, 0.2) is 42.5 Å². The maximum atomic E-state index is 12.8. The fourth-order valence-corrected chi connectivity index (χ4v) is 2.03. The molecule has 0 unspecified atom stereocenters. The van der Waals surface area contributed by atoms with Crippen LogP contribution in [0.5, 0.6) is 5.75 Å². The van der Waals surface area contributed by atoms with Crippen molar-refractivity contribution >= 4 is 11.9 Å². The maximum Gasteiger partial charge on any atom is 0.342 e. The van der Waals surface area contributed by atoms with Gasteiger partial charge in [0, 0.05) is 6.54 Å². The van der Waals surface area contributed by atoms with E-state index in [1.807, 2.05) is 0 Å². The van der Waals surface area contributed by atoms with Crippen molar-refractivity contribution in [1.29, 1.82) is 0 Å². The van der Waals surface area contributed by atoms with E-state index in [2.05, 4.69) is 5.32 Å². The Labute approximate surface area is 139 Å². The average Bonchev–Trinajstić information content (AvgIpc) is 2.53. The molecular formula is C18H18FNO4. The first kappa shape index (κ1) is 17.5. The van der Waals surface area contributed by atoms with Gasteiger partial charge in [-0.15, -0.1) is 0 Å². The zero-order valence-corrected chi connectivity index (χ0v) is 13.4. The molecule has 0 aliphatic rings. The summed E-state index contributed by atoms with van der Waals surface area (Å²) in [5, 5.41) is 12.4. The highest BCUT2D eigenvalue weighted by Crippen LogP contribution is 2.19. The highest BCUT2D eigenvalue weighted by atomic mass is 19.1. The molecule has 1 atom stereocenters. The summed E-state index contributed by atoms with van der Waals surface area (Å²) >= 11 is 0. The number of aryl methyl sites for hydroxylation is 1. The molecule has 0 bridgehead atoms. The molecule has 2 aromatic rings. The van der Waals surface area contributed by atoms with E-state index in [4.69, 9.17) is 4.74 Å². The van der Waals surface area contributed by atoms with Gasteiger partial charge in [0.15, 0.2) is 6.10 Å². The molecule has 2 N–H and O–H groups in total. The first-order valence-electron chi connectivity index (χ1n) is 7.39. The molecule has 0 aliphatic heterocycles. The molecule has 0 aliphatic carbocycles. The van der Waals surface area contributed by atoms with Gasteiger partial charge in [-0.3, -0.25) is 4.79 Å². The number of carbonyl (C=O) groups is 2. The van der Waals surface area contributed by atoms with Crippen molar-refractivity contribution in [2.75, 3.05) is 0 Å². The Balaban J connectivity index is 1.90. The zero-order valence-electron chi connectivity index (χ0n) is 13.4. The molecule has 0 saturated carbocycles. The second-order valence-electron chi connectivity index (χ2n) is 5.41. The van der Waals surface area contributed by atoms with Crippen molar-refractivity contribution in [3.05, 3.63) is 65.0 Å². The number of hydrogen-bond acceptors (Lipinski definition) is 4. The lowest BCUT2D eigenvalue weighted by Gasteiger charge is -2.14. The van der Waals surface area contributed by atoms with E-state index in [1.165, 1.54) is 31.2 Å². The fourth-order valence-electron chi connectivity index (χ4n) is 2.03. The van der Waals surface area contributed by atoms with Crippen molar-refractivity contribution < 1.29 is 23.8 Å². The number of esters is 1. The quantitative estimate of drug-likeness (QED) is 0.826. The number of carbonyl (C=O) groups excluding carboxylic acids is 2. The molecule has 0 aromatic heterocycles. The fraction of sp³-hybridized carbons (Fsp3) is 0.222. The monoisotopic (exact) mass is 331 g/mol. The van der Waals surface area contributed by atoms with E-state index in [0.29, 0.717) is 0 Å². The van der Waals surface area contributed by atoms with E-state index >= 15 is 0 Å². The van der Waals surface area contributed by atoms with E-state index < -0.39 is 18.0 Å². The van der Waals surface area contributed by atoms with Crippen molar-refractivity contribution in [2.24, 2.45) is 0 Å². The molecule has 5 nitrogen and oxygen atoms in total. The van der Waals surface area contributed by atoms with Gasteiger partial charge in [-0.1, -0.05) is 18.2 Å². The van der Waals surface area contributed by atoms with Crippen LogP contribution in [-0.2, 0) is 16.1 Å². The van der Waals surface area contributed by atoms with Crippen molar-refractivity contribution in [1.82, 2.24) is 5.32 Å². The van der Waals surface area contributed by atoms with Crippen LogP contribution >= 0.6 is 0 Å². The minimum atomic E-state index is -1.03. The molecule has 126 valence electrons. The molecule has 6 heteroatoms. The largest absolute Gasteiger partial charge is 0.507 e. The smallest absolute Gasteiger partial charge is 0.342 e. The Kier molecular flexibility index (Phi) is 5.52. The molecule has 0 fully saturated rings. The minimum Gasteiger partial charge on any atom is -0.507 e. The first-order valence-corrected chi connectivity index (χ1v) is 7.39. The van der Waals surface area contributed by atoms with Gasteiger partial charge < -0.3 is 15.2 Å². The van der Waals surface area contributed by atoms with Gasteiger partial charge in [0.05, 0.1) is 0 Å². The van der Waals surface area contributed by atoms with Crippen molar-refractivity contribution in [2.45, 2.75) is 26.5 Å². The van der Waals surface area contributed by atoms with Gasteiger partial charge in [-0.25, -0.2) is 9.18 Å². The van der Waals surface area contributed by atoms with Crippen molar-refractivity contribution in [3.8, 4) is 5.75 Å². The second kappa shape index (κ2) is 7.59. The summed E-state index contributed by atoms with van der Waals surface area (Å²) in [6.45, 7) is 3.40. The average molecular weight is 331 g/mol. The number of halogens is 1. The number of aromatic hydroxyl groups is 1. The normalized spacial score (nSPS) is 11.6. The van der Waals surface area contributed by atoms with Crippen LogP contribution in [0.2, 0.25) is 0 Å². The summed E-state index contributed by atoms with van der Waals surface area (Å²) in [6.07, 6.45) is -1.03. The molecule has 0 spiro atoms. The number of phenolic OH excluding ortho intramolecular Hbond substituents is 1. The van der Waals surface area contributed by atoms with Crippen molar-refractivity contribution in [3.63, 3.8) is 0 Å². The number of benzene rings is 2. The number of hydrogen-bond donors (Lipinski definition) is 2. The molecule has 1 amide bonds. The van der Waals surface area contributed by atoms with Gasteiger partial charge in [0.25, 0.3) is 5.91 Å². The highest BCUT2D eigenvalue weighted by Gasteiger charge is 2.20. The number of phenols is 1. The van der Waals surface area contributed by atoms with Crippen LogP contribution in [0, 0.1) is 12.7 Å². The molecule has 2 rings (SSSR count). The topological polar surface area (TPSA) is 75.6 Å². The Bertz CT molecular complexity index is 743. The Morgan fingerprint density at radius 1 is 1.21 bits per heavy atom. The predicted octanol–water partition coefficient (Wildman–Crippen LogP) is 2.70. The molecule has 24 heavy (non-hydrogen) atoms. The molecule has 0 saturated heterocycles. The molecule has 2 aromatic carbocycles. The Morgan fingerprint density at radius 2 is 1.88 bits per heavy atom. The summed E-state index contributed by atoms with van der Waals surface area (Å²) in [5.41, 5.74) is 1.52. The number of rotatable bonds is 5. The zero-order chi connectivity index (χ0) is 17.7. The molecular weight excluding hydrogens is 313 g/mol. The first-order chi connectivity index (χ1) is 11.4. The van der Waals surface area contributed by atoms with Gasteiger partial charge >= 0.3 is 5.97 Å². The Hall–Kier alpha value is -2.89. The van der Waals surface area contributed by atoms with Crippen LogP contribution in [0.3, 0.4) is 0 Å². The van der Waals surface area contributed by atoms with E-state index in [9.17, 15) is 19.1 Å². The minimum absolute atomic E-state index is 0.00113. The third-order valence-electron chi connectivity index (χ3n) is 3.41. The number of amides is 1. The van der Waals surface area contributed by atoms with Crippen LogP contribution in [0.25, 0.3) is 0 Å². The SMILES string of the molecule is Cc1ccc(C(=O)O[C@H](C)C(=O)NCc2ccc(F)cc2)c(O)c1. The van der Waals surface area contributed by atoms with Crippen LogP contribution < -0.4 is 5.32 Å². The standard InChI is InChI=1S/C18H18FNO4/c1-11-3-8-15(16(21)9-11)18(23)24-12(2)17(22)20-10-13-4-6-14(19)7-5-13/h3-9,12,21H,10H2,1-2H3,(H,20,22)/t12-/m1/s1. The number of ether oxygens (including phenoxy) is 1. The maximum absolute atomic E-state index is 12.8. The number of nitrogens with one attached hydrogen (secondary N) is 1. The lowest BCUT2D eigenvalue weighted by atomic mass is 10.1. The van der Waals surface area contributed by atoms with Crippen LogP contribution in [0.1, 0.15) is 28.4 Å². The molecule has 0 radical (unpaired) electrons. The van der Waals surface area contributed by atoms with Gasteiger partial charge in [0.1, 0.15) is 17.1 Å². The summed E-state index contributed by atoms with van der Waals surface area (Å²) in [5.74, 6) is -1.82. The lowest BCUT2D eigenvalue weighted by molar-refractivity contribution is -0.129. The predicted molar refractivity (Wildman–Crippen MR) is 86.0 cm³/mol. The Morgan fingerprint density at radius 3 is 2.50 bits per heavy atom. The highest BCUT2D eigenvalue weighted by molar-refractivity contribution is 5.94. The van der Waals surface area contributed by atoms with Gasteiger partial charge in [-0.2, -0.15) is 0 Å². The summed E-state index contributed by atoms with van der Waals surface area (Å²) in [4.78, 5) is 24.0. The van der Waals surface area contributed by atoms with E-state index in [-0.39, 0.29) is 23.7 Å². The summed E-state index contributed by atoms with van der Waals surface area (Å²) in [7, 11) is 0. The second-order valence-corrected chi connectivity index (χ2v) is 5.41. The molecule has 0 heterocycles.